The molecule has 1 aromatic carbocycles. The van der Waals surface area contributed by atoms with E-state index in [0.717, 1.165) is 12.0 Å². The number of nitrogens with zero attached hydrogens (tertiary/aromatic N) is 1. The van der Waals surface area contributed by atoms with Crippen molar-refractivity contribution in [3.05, 3.63) is 42.0 Å². The molecule has 1 fully saturated rings. The van der Waals surface area contributed by atoms with Gasteiger partial charge in [-0.1, -0.05) is 44.2 Å². The molecule has 1 heterocycles. The smallest absolute Gasteiger partial charge is 0.303 e. The zero-order chi connectivity index (χ0) is 18.4. The fourth-order valence-electron chi connectivity index (χ4n) is 3.40. The Hall–Kier alpha value is -2.30. The zero-order valence-corrected chi connectivity index (χ0v) is 14.9. The van der Waals surface area contributed by atoms with Crippen LogP contribution in [0.2, 0.25) is 0 Å². The molecule has 1 amide bonds. The van der Waals surface area contributed by atoms with Gasteiger partial charge in [-0.05, 0) is 30.4 Å². The zero-order valence-electron chi connectivity index (χ0n) is 14.9. The van der Waals surface area contributed by atoms with Gasteiger partial charge < -0.3 is 15.1 Å². The van der Waals surface area contributed by atoms with Crippen LogP contribution >= 0.6 is 0 Å². The molecular weight excluding hydrogens is 318 g/mol. The van der Waals surface area contributed by atoms with Gasteiger partial charge in [0.15, 0.2) is 0 Å². The van der Waals surface area contributed by atoms with Crippen molar-refractivity contribution in [3.63, 3.8) is 0 Å². The summed E-state index contributed by atoms with van der Waals surface area (Å²) in [5.74, 6) is -0.129. The quantitative estimate of drug-likeness (QED) is 0.743. The van der Waals surface area contributed by atoms with Gasteiger partial charge in [-0.3, -0.25) is 9.59 Å². The Kier molecular flexibility index (Phi) is 6.62. The topological polar surface area (TPSA) is 77.8 Å². The number of rotatable bonds is 7. The first-order valence-electron chi connectivity index (χ1n) is 8.83. The lowest BCUT2D eigenvalue weighted by Gasteiger charge is -2.19. The van der Waals surface area contributed by atoms with E-state index in [1.807, 2.05) is 43.0 Å². The van der Waals surface area contributed by atoms with Gasteiger partial charge in [0.25, 0.3) is 0 Å². The number of likely N-dealkylation sites (tertiary alicyclic amines) is 1. The lowest BCUT2D eigenvalue weighted by atomic mass is 9.86. The largest absolute Gasteiger partial charge is 0.508 e. The van der Waals surface area contributed by atoms with E-state index in [1.165, 1.54) is 0 Å². The molecule has 1 aliphatic rings. The predicted molar refractivity (Wildman–Crippen MR) is 96.4 cm³/mol. The number of aromatic hydroxyl groups is 1. The SMILES string of the molecule is CC(C)C(=O)N1CC(C/C=C\CCC(=O)O)C(c2ccccc2O)C1. The van der Waals surface area contributed by atoms with Crippen LogP contribution in [0.15, 0.2) is 36.4 Å². The maximum atomic E-state index is 12.4. The molecule has 1 aliphatic heterocycles. The molecule has 0 radical (unpaired) electrons. The number of aliphatic carboxylic acids is 1. The van der Waals surface area contributed by atoms with Crippen molar-refractivity contribution in [2.24, 2.45) is 11.8 Å². The summed E-state index contributed by atoms with van der Waals surface area (Å²) in [7, 11) is 0. The van der Waals surface area contributed by atoms with Crippen LogP contribution in [-0.2, 0) is 9.59 Å². The Balaban J connectivity index is 2.11. The van der Waals surface area contributed by atoms with Gasteiger partial charge in [-0.25, -0.2) is 0 Å². The maximum absolute atomic E-state index is 12.4. The summed E-state index contributed by atoms with van der Waals surface area (Å²) in [5.41, 5.74) is 0.880. The molecule has 25 heavy (non-hydrogen) atoms. The molecule has 5 heteroatoms. The molecule has 2 rings (SSSR count). The van der Waals surface area contributed by atoms with Crippen molar-refractivity contribution >= 4 is 11.9 Å². The molecule has 2 N–H and O–H groups in total. The minimum atomic E-state index is -0.800. The van der Waals surface area contributed by atoms with E-state index in [9.17, 15) is 14.7 Å². The molecule has 2 atom stereocenters. The van der Waals surface area contributed by atoms with E-state index in [0.29, 0.717) is 19.5 Å². The van der Waals surface area contributed by atoms with Crippen LogP contribution in [-0.4, -0.2) is 40.1 Å². The maximum Gasteiger partial charge on any atom is 0.303 e. The highest BCUT2D eigenvalue weighted by Gasteiger charge is 2.37. The Labute approximate surface area is 149 Å². The average Bonchev–Trinajstić information content (AvgIpc) is 2.97. The van der Waals surface area contributed by atoms with E-state index < -0.39 is 5.97 Å². The number of hydrogen-bond acceptors (Lipinski definition) is 3. The van der Waals surface area contributed by atoms with Crippen molar-refractivity contribution in [1.29, 1.82) is 0 Å². The standard InChI is InChI=1S/C20H27NO4/c1-14(2)20(25)21-12-15(8-4-3-5-11-19(23)24)17(13-21)16-9-6-7-10-18(16)22/h3-4,6-7,9-10,14-15,17,22H,5,8,11-13H2,1-2H3,(H,23,24)/b4-3-. The number of amides is 1. The highest BCUT2D eigenvalue weighted by atomic mass is 16.4. The number of carbonyl (C=O) groups excluding carboxylic acids is 1. The average molecular weight is 345 g/mol. The second-order valence-corrected chi connectivity index (χ2v) is 6.96. The third-order valence-corrected chi connectivity index (χ3v) is 4.71. The van der Waals surface area contributed by atoms with Gasteiger partial charge in [-0.2, -0.15) is 0 Å². The van der Waals surface area contributed by atoms with Crippen LogP contribution in [0.4, 0.5) is 0 Å². The monoisotopic (exact) mass is 345 g/mol. The molecule has 1 saturated heterocycles. The summed E-state index contributed by atoms with van der Waals surface area (Å²) in [6, 6.07) is 7.31. The van der Waals surface area contributed by atoms with Crippen LogP contribution < -0.4 is 0 Å². The molecular formula is C20H27NO4. The number of para-hydroxylation sites is 1. The first-order chi connectivity index (χ1) is 11.9. The van der Waals surface area contributed by atoms with Crippen molar-refractivity contribution < 1.29 is 19.8 Å². The number of benzene rings is 1. The Morgan fingerprint density at radius 3 is 2.60 bits per heavy atom. The third kappa shape index (κ3) is 5.08. The van der Waals surface area contributed by atoms with Crippen molar-refractivity contribution in [2.45, 2.75) is 39.0 Å². The first kappa shape index (κ1) is 19.0. The predicted octanol–water partition coefficient (Wildman–Crippen LogP) is 3.40. The normalized spacial score (nSPS) is 20.5. The molecule has 5 nitrogen and oxygen atoms in total. The number of carboxylic acids is 1. The fraction of sp³-hybridized carbons (Fsp3) is 0.500. The summed E-state index contributed by atoms with van der Waals surface area (Å²) < 4.78 is 0. The summed E-state index contributed by atoms with van der Waals surface area (Å²) in [4.78, 5) is 24.8. The molecule has 0 saturated carbocycles. The first-order valence-corrected chi connectivity index (χ1v) is 8.83. The van der Waals surface area contributed by atoms with E-state index in [4.69, 9.17) is 5.11 Å². The van der Waals surface area contributed by atoms with Crippen LogP contribution in [0.3, 0.4) is 0 Å². The third-order valence-electron chi connectivity index (χ3n) is 4.71. The molecule has 136 valence electrons. The highest BCUT2D eigenvalue weighted by Crippen LogP contribution is 2.39. The number of carbonyl (C=O) groups is 2. The lowest BCUT2D eigenvalue weighted by molar-refractivity contribution is -0.137. The Bertz CT molecular complexity index is 638. The van der Waals surface area contributed by atoms with Crippen LogP contribution in [0.1, 0.15) is 44.6 Å². The van der Waals surface area contributed by atoms with E-state index in [1.54, 1.807) is 12.1 Å². The van der Waals surface area contributed by atoms with E-state index >= 15 is 0 Å². The Morgan fingerprint density at radius 2 is 1.96 bits per heavy atom. The van der Waals surface area contributed by atoms with Gasteiger partial charge in [0.1, 0.15) is 5.75 Å². The van der Waals surface area contributed by atoms with Gasteiger partial charge in [0, 0.05) is 31.3 Å². The number of phenols is 1. The summed E-state index contributed by atoms with van der Waals surface area (Å²) in [6.45, 7) is 5.08. The minimum absolute atomic E-state index is 0.0464. The number of allylic oxidation sites excluding steroid dienone is 2. The summed E-state index contributed by atoms with van der Waals surface area (Å²) in [6.07, 6.45) is 5.30. The van der Waals surface area contributed by atoms with Crippen molar-refractivity contribution in [1.82, 2.24) is 4.90 Å². The number of phenolic OH excluding ortho intramolecular Hbond substituents is 1. The molecule has 0 bridgehead atoms. The number of carboxylic acid groups (broad SMARTS) is 1. The second-order valence-electron chi connectivity index (χ2n) is 6.96. The molecule has 0 aromatic heterocycles. The van der Waals surface area contributed by atoms with E-state index in [-0.39, 0.29) is 35.8 Å². The molecule has 2 unspecified atom stereocenters. The van der Waals surface area contributed by atoms with Gasteiger partial charge in [0.05, 0.1) is 0 Å². The van der Waals surface area contributed by atoms with Gasteiger partial charge >= 0.3 is 5.97 Å². The molecule has 1 aromatic rings. The second kappa shape index (κ2) is 8.70. The van der Waals surface area contributed by atoms with Gasteiger partial charge in [-0.15, -0.1) is 0 Å². The van der Waals surface area contributed by atoms with Crippen molar-refractivity contribution in [3.8, 4) is 5.75 Å². The van der Waals surface area contributed by atoms with Crippen molar-refractivity contribution in [2.75, 3.05) is 13.1 Å². The minimum Gasteiger partial charge on any atom is -0.508 e. The van der Waals surface area contributed by atoms with Crippen LogP contribution in [0, 0.1) is 11.8 Å². The molecule has 0 spiro atoms. The van der Waals surface area contributed by atoms with Gasteiger partial charge in [0.2, 0.25) is 5.91 Å². The molecule has 0 aliphatic carbocycles. The fourth-order valence-corrected chi connectivity index (χ4v) is 3.40. The van der Waals surface area contributed by atoms with E-state index in [2.05, 4.69) is 0 Å². The Morgan fingerprint density at radius 1 is 1.24 bits per heavy atom. The summed E-state index contributed by atoms with van der Waals surface area (Å²) in [5, 5.41) is 18.9. The lowest BCUT2D eigenvalue weighted by Crippen LogP contribution is -2.32. The highest BCUT2D eigenvalue weighted by molar-refractivity contribution is 5.78. The number of hydrogen-bond donors (Lipinski definition) is 2. The van der Waals surface area contributed by atoms with Crippen LogP contribution in [0.5, 0.6) is 5.75 Å². The van der Waals surface area contributed by atoms with Crippen LogP contribution in [0.25, 0.3) is 0 Å². The summed E-state index contributed by atoms with van der Waals surface area (Å²) >= 11 is 0.